The van der Waals surface area contributed by atoms with Crippen LogP contribution in [-0.2, 0) is 16.1 Å². The molecule has 0 aromatic heterocycles. The van der Waals surface area contributed by atoms with Gasteiger partial charge in [0.05, 0.1) is 6.61 Å². The van der Waals surface area contributed by atoms with Crippen LogP contribution < -0.4 is 0 Å². The second kappa shape index (κ2) is 5.49. The molecule has 0 saturated carbocycles. The predicted molar refractivity (Wildman–Crippen MR) is 51.0 cm³/mol. The molecular weight excluding hydrogens is 164 g/mol. The smallest absolute Gasteiger partial charge is 0.229 e. The molecule has 2 nitrogen and oxygen atoms in total. The molecule has 0 aliphatic carbocycles. The van der Waals surface area contributed by atoms with Crippen LogP contribution in [0.5, 0.6) is 0 Å². The van der Waals surface area contributed by atoms with Crippen molar-refractivity contribution in [2.45, 2.75) is 26.1 Å². The molecule has 1 rings (SSSR count). The van der Waals surface area contributed by atoms with Gasteiger partial charge >= 0.3 is 0 Å². The van der Waals surface area contributed by atoms with Crippen LogP contribution in [0.1, 0.15) is 18.9 Å². The Morgan fingerprint density at radius 2 is 2.08 bits per heavy atom. The van der Waals surface area contributed by atoms with E-state index in [1.54, 1.807) is 0 Å². The number of ether oxygens (including phenoxy) is 1. The Bertz CT molecular complexity index is 244. The molecule has 1 radical (unpaired) electrons. The monoisotopic (exact) mass is 177 g/mol. The van der Waals surface area contributed by atoms with Crippen LogP contribution >= 0.6 is 0 Å². The fourth-order valence-corrected chi connectivity index (χ4v) is 1.01. The zero-order valence-corrected chi connectivity index (χ0v) is 7.69. The van der Waals surface area contributed by atoms with Gasteiger partial charge in [0.15, 0.2) is 0 Å². The number of carbonyl (C=O) groups excluding carboxylic acids is 1. The Kier molecular flexibility index (Phi) is 4.19. The van der Waals surface area contributed by atoms with Crippen LogP contribution in [-0.4, -0.2) is 12.4 Å². The van der Waals surface area contributed by atoms with Crippen LogP contribution in [0.2, 0.25) is 0 Å². The summed E-state index contributed by atoms with van der Waals surface area (Å²) in [7, 11) is 0. The van der Waals surface area contributed by atoms with Gasteiger partial charge < -0.3 is 4.74 Å². The molecule has 0 saturated heterocycles. The first-order chi connectivity index (χ1) is 6.36. The number of benzene rings is 1. The van der Waals surface area contributed by atoms with E-state index in [1.807, 2.05) is 43.5 Å². The predicted octanol–water partition coefficient (Wildman–Crippen LogP) is 2.09. The Morgan fingerprint density at radius 1 is 1.38 bits per heavy atom. The summed E-state index contributed by atoms with van der Waals surface area (Å²) in [4.78, 5) is 10.3. The second-order valence-corrected chi connectivity index (χ2v) is 2.81. The standard InChI is InChI=1S/C11H13O2/c1-2-11(8-12)13-9-10-6-4-3-5-7-10/h3-7,11H,2,9H2,1H3. The molecule has 13 heavy (non-hydrogen) atoms. The van der Waals surface area contributed by atoms with Crippen molar-refractivity contribution in [3.05, 3.63) is 35.9 Å². The number of rotatable bonds is 5. The van der Waals surface area contributed by atoms with Crippen molar-refractivity contribution in [3.8, 4) is 0 Å². The topological polar surface area (TPSA) is 26.3 Å². The first kappa shape index (κ1) is 9.93. The van der Waals surface area contributed by atoms with Gasteiger partial charge in [0, 0.05) is 0 Å². The van der Waals surface area contributed by atoms with Gasteiger partial charge in [-0.3, -0.25) is 4.79 Å². The molecule has 2 heteroatoms. The van der Waals surface area contributed by atoms with Crippen LogP contribution in [0.25, 0.3) is 0 Å². The van der Waals surface area contributed by atoms with E-state index in [0.29, 0.717) is 13.0 Å². The summed E-state index contributed by atoms with van der Waals surface area (Å²) >= 11 is 0. The van der Waals surface area contributed by atoms with Crippen molar-refractivity contribution < 1.29 is 9.53 Å². The average molecular weight is 177 g/mol. The van der Waals surface area contributed by atoms with Crippen molar-refractivity contribution in [2.24, 2.45) is 0 Å². The van der Waals surface area contributed by atoms with Gasteiger partial charge in [-0.25, -0.2) is 0 Å². The maximum Gasteiger partial charge on any atom is 0.229 e. The summed E-state index contributed by atoms with van der Waals surface area (Å²) < 4.78 is 5.30. The van der Waals surface area contributed by atoms with Crippen LogP contribution in [0.3, 0.4) is 0 Å². The third-order valence-corrected chi connectivity index (χ3v) is 1.80. The molecule has 0 amide bonds. The van der Waals surface area contributed by atoms with E-state index in [2.05, 4.69) is 0 Å². The summed E-state index contributed by atoms with van der Waals surface area (Å²) in [6.07, 6.45) is 2.14. The highest BCUT2D eigenvalue weighted by Crippen LogP contribution is 2.03. The zero-order valence-electron chi connectivity index (χ0n) is 7.69. The highest BCUT2D eigenvalue weighted by Gasteiger charge is 2.04. The summed E-state index contributed by atoms with van der Waals surface area (Å²) in [6, 6.07) is 9.79. The lowest BCUT2D eigenvalue weighted by atomic mass is 10.2. The van der Waals surface area contributed by atoms with Gasteiger partial charge in [-0.15, -0.1) is 0 Å². The van der Waals surface area contributed by atoms with E-state index < -0.39 is 0 Å². The molecule has 0 heterocycles. The van der Waals surface area contributed by atoms with Gasteiger partial charge in [-0.2, -0.15) is 0 Å². The molecule has 0 spiro atoms. The van der Waals surface area contributed by atoms with Crippen LogP contribution in [0.15, 0.2) is 30.3 Å². The summed E-state index contributed by atoms with van der Waals surface area (Å²) in [5.74, 6) is 0. The lowest BCUT2D eigenvalue weighted by molar-refractivity contribution is 0.0801. The van der Waals surface area contributed by atoms with E-state index >= 15 is 0 Å². The fraction of sp³-hybridized carbons (Fsp3) is 0.364. The minimum absolute atomic E-state index is 0.389. The molecule has 0 aliphatic rings. The van der Waals surface area contributed by atoms with Crippen molar-refractivity contribution in [1.29, 1.82) is 0 Å². The van der Waals surface area contributed by atoms with Gasteiger partial charge in [-0.1, -0.05) is 37.3 Å². The molecule has 1 aromatic rings. The first-order valence-electron chi connectivity index (χ1n) is 4.40. The van der Waals surface area contributed by atoms with Crippen molar-refractivity contribution in [2.75, 3.05) is 0 Å². The average Bonchev–Trinajstić information content (AvgIpc) is 2.21. The third kappa shape index (κ3) is 3.38. The summed E-state index contributed by atoms with van der Waals surface area (Å²) in [6.45, 7) is 2.38. The van der Waals surface area contributed by atoms with Crippen molar-refractivity contribution >= 4 is 6.29 Å². The number of hydrogen-bond donors (Lipinski definition) is 0. The Morgan fingerprint density at radius 3 is 2.62 bits per heavy atom. The maximum atomic E-state index is 10.3. The lowest BCUT2D eigenvalue weighted by Gasteiger charge is -2.07. The third-order valence-electron chi connectivity index (χ3n) is 1.80. The molecule has 1 unspecified atom stereocenters. The SMILES string of the molecule is CCC([C]=O)OCc1ccccc1. The van der Waals surface area contributed by atoms with Gasteiger partial charge in [-0.05, 0) is 12.0 Å². The molecule has 1 atom stereocenters. The molecule has 0 fully saturated rings. The van der Waals surface area contributed by atoms with Crippen molar-refractivity contribution in [3.63, 3.8) is 0 Å². The van der Waals surface area contributed by atoms with E-state index in [9.17, 15) is 4.79 Å². The molecule has 1 aromatic carbocycles. The first-order valence-corrected chi connectivity index (χ1v) is 4.40. The largest absolute Gasteiger partial charge is 0.365 e. The minimum atomic E-state index is -0.389. The van der Waals surface area contributed by atoms with E-state index in [0.717, 1.165) is 5.56 Å². The summed E-state index contributed by atoms with van der Waals surface area (Å²) in [5, 5.41) is 0. The normalized spacial score (nSPS) is 12.4. The molecule has 0 bridgehead atoms. The number of hydrogen-bond acceptors (Lipinski definition) is 2. The lowest BCUT2D eigenvalue weighted by Crippen LogP contribution is -2.12. The minimum Gasteiger partial charge on any atom is -0.365 e. The maximum absolute atomic E-state index is 10.3. The van der Waals surface area contributed by atoms with E-state index in [-0.39, 0.29) is 6.10 Å². The molecular formula is C11H13O2. The van der Waals surface area contributed by atoms with E-state index in [1.165, 1.54) is 0 Å². The van der Waals surface area contributed by atoms with Gasteiger partial charge in [0.25, 0.3) is 0 Å². The fourth-order valence-electron chi connectivity index (χ4n) is 1.01. The summed E-state index contributed by atoms with van der Waals surface area (Å²) in [5.41, 5.74) is 1.08. The highest BCUT2D eigenvalue weighted by atomic mass is 16.5. The molecule has 0 aliphatic heterocycles. The Balaban J connectivity index is 2.38. The molecule has 69 valence electrons. The van der Waals surface area contributed by atoms with E-state index in [4.69, 9.17) is 4.74 Å². The zero-order chi connectivity index (χ0) is 9.52. The van der Waals surface area contributed by atoms with Gasteiger partial charge in [0.1, 0.15) is 6.10 Å². The van der Waals surface area contributed by atoms with Crippen LogP contribution in [0, 0.1) is 0 Å². The van der Waals surface area contributed by atoms with Crippen molar-refractivity contribution in [1.82, 2.24) is 0 Å². The van der Waals surface area contributed by atoms with Gasteiger partial charge in [0.2, 0.25) is 6.29 Å². The molecule has 0 N–H and O–H groups in total. The highest BCUT2D eigenvalue weighted by molar-refractivity contribution is 5.56. The second-order valence-electron chi connectivity index (χ2n) is 2.81. The quantitative estimate of drug-likeness (QED) is 0.688. The Labute approximate surface area is 78.5 Å². The Hall–Kier alpha value is -1.15. The van der Waals surface area contributed by atoms with Crippen LogP contribution in [0.4, 0.5) is 0 Å².